The van der Waals surface area contributed by atoms with Crippen molar-refractivity contribution in [2.75, 3.05) is 17.2 Å². The van der Waals surface area contributed by atoms with Gasteiger partial charge in [-0.3, -0.25) is 4.79 Å². The summed E-state index contributed by atoms with van der Waals surface area (Å²) in [6, 6.07) is 21.0. The summed E-state index contributed by atoms with van der Waals surface area (Å²) in [6.07, 6.45) is 4.68. The number of aryl methyl sites for hydroxylation is 1. The molecule has 1 N–H and O–H groups in total. The molecule has 1 aliphatic rings. The Hall–Kier alpha value is -2.86. The molecule has 1 aromatic heterocycles. The van der Waals surface area contributed by atoms with E-state index < -0.39 is 0 Å². The van der Waals surface area contributed by atoms with Crippen LogP contribution in [-0.4, -0.2) is 34.2 Å². The second-order valence-corrected chi connectivity index (χ2v) is 8.86. The van der Waals surface area contributed by atoms with Crippen molar-refractivity contribution in [1.29, 1.82) is 0 Å². The van der Waals surface area contributed by atoms with Crippen LogP contribution in [-0.2, 0) is 24.2 Å². The zero-order valence-electron chi connectivity index (χ0n) is 17.8. The van der Waals surface area contributed by atoms with Crippen molar-refractivity contribution >= 4 is 23.5 Å². The SMILES string of the molecule is C[C@@H](CCc1ccccc1)NC(=O)CSc1nccc(N2CCc3ccccc3C2)n1. The first kappa shape index (κ1) is 21.4. The molecule has 0 saturated carbocycles. The summed E-state index contributed by atoms with van der Waals surface area (Å²) in [7, 11) is 0. The lowest BCUT2D eigenvalue weighted by molar-refractivity contribution is -0.119. The van der Waals surface area contributed by atoms with Gasteiger partial charge in [-0.05, 0) is 48.9 Å². The van der Waals surface area contributed by atoms with Crippen molar-refractivity contribution in [2.45, 2.75) is 43.9 Å². The lowest BCUT2D eigenvalue weighted by Gasteiger charge is -2.29. The molecule has 5 nitrogen and oxygen atoms in total. The van der Waals surface area contributed by atoms with Crippen LogP contribution in [0.4, 0.5) is 5.82 Å². The van der Waals surface area contributed by atoms with Gasteiger partial charge in [0.25, 0.3) is 0 Å². The molecule has 0 saturated heterocycles. The highest BCUT2D eigenvalue weighted by Gasteiger charge is 2.18. The van der Waals surface area contributed by atoms with Crippen LogP contribution in [0.2, 0.25) is 0 Å². The van der Waals surface area contributed by atoms with Gasteiger partial charge in [-0.25, -0.2) is 9.97 Å². The van der Waals surface area contributed by atoms with Crippen molar-refractivity contribution in [2.24, 2.45) is 0 Å². The van der Waals surface area contributed by atoms with Crippen LogP contribution >= 0.6 is 11.8 Å². The fraction of sp³-hybridized carbons (Fsp3) is 0.320. The number of hydrogen-bond donors (Lipinski definition) is 1. The molecule has 4 rings (SSSR count). The van der Waals surface area contributed by atoms with E-state index in [1.54, 1.807) is 6.20 Å². The molecular weight excluding hydrogens is 404 g/mol. The number of hydrogen-bond acceptors (Lipinski definition) is 5. The molecule has 1 aliphatic heterocycles. The topological polar surface area (TPSA) is 58.1 Å². The van der Waals surface area contributed by atoms with E-state index in [9.17, 15) is 4.79 Å². The lowest BCUT2D eigenvalue weighted by atomic mass is 10.00. The summed E-state index contributed by atoms with van der Waals surface area (Å²) in [4.78, 5) is 23.7. The van der Waals surface area contributed by atoms with E-state index in [1.807, 2.05) is 24.3 Å². The molecule has 31 heavy (non-hydrogen) atoms. The highest BCUT2D eigenvalue weighted by molar-refractivity contribution is 7.99. The Labute approximate surface area is 188 Å². The van der Waals surface area contributed by atoms with E-state index in [1.165, 1.54) is 28.5 Å². The van der Waals surface area contributed by atoms with Gasteiger partial charge in [0, 0.05) is 25.3 Å². The molecule has 3 aromatic rings. The highest BCUT2D eigenvalue weighted by atomic mass is 32.2. The third-order valence-electron chi connectivity index (χ3n) is 5.52. The fourth-order valence-electron chi connectivity index (χ4n) is 3.82. The van der Waals surface area contributed by atoms with Gasteiger partial charge in [0.2, 0.25) is 5.91 Å². The number of benzene rings is 2. The summed E-state index contributed by atoms with van der Waals surface area (Å²) in [6.45, 7) is 3.85. The number of carbonyl (C=O) groups is 1. The van der Waals surface area contributed by atoms with Gasteiger partial charge in [-0.1, -0.05) is 66.4 Å². The number of rotatable bonds is 8. The summed E-state index contributed by atoms with van der Waals surface area (Å²) in [5.41, 5.74) is 4.06. The highest BCUT2D eigenvalue weighted by Crippen LogP contribution is 2.24. The Kier molecular flexibility index (Phi) is 7.20. The van der Waals surface area contributed by atoms with Crippen LogP contribution < -0.4 is 10.2 Å². The van der Waals surface area contributed by atoms with Crippen LogP contribution in [0, 0.1) is 0 Å². The zero-order chi connectivity index (χ0) is 21.5. The molecule has 2 aromatic carbocycles. The monoisotopic (exact) mass is 432 g/mol. The van der Waals surface area contributed by atoms with E-state index in [0.29, 0.717) is 10.9 Å². The molecule has 6 heteroatoms. The Balaban J connectivity index is 1.26. The third kappa shape index (κ3) is 6.07. The number of carbonyl (C=O) groups excluding carboxylic acids is 1. The standard InChI is InChI=1S/C25H28N4OS/c1-19(11-12-20-7-3-2-4-8-20)27-24(30)18-31-25-26-15-13-23(28-25)29-16-14-21-9-5-6-10-22(21)17-29/h2-10,13,15,19H,11-12,14,16-18H2,1H3,(H,27,30)/t19-/m0/s1. The summed E-state index contributed by atoms with van der Waals surface area (Å²) in [5, 5.41) is 3.73. The van der Waals surface area contributed by atoms with Crippen LogP contribution in [0.25, 0.3) is 0 Å². The molecule has 160 valence electrons. The summed E-state index contributed by atoms with van der Waals surface area (Å²) < 4.78 is 0. The first-order valence-corrected chi connectivity index (χ1v) is 11.8. The zero-order valence-corrected chi connectivity index (χ0v) is 18.6. The first-order chi connectivity index (χ1) is 15.2. The predicted octanol–water partition coefficient (Wildman–Crippen LogP) is 4.27. The molecule has 0 spiro atoms. The van der Waals surface area contributed by atoms with E-state index in [-0.39, 0.29) is 11.9 Å². The molecule has 0 radical (unpaired) electrons. The minimum Gasteiger partial charge on any atom is -0.353 e. The van der Waals surface area contributed by atoms with Gasteiger partial charge in [0.1, 0.15) is 5.82 Å². The molecule has 2 heterocycles. The van der Waals surface area contributed by atoms with Gasteiger partial charge >= 0.3 is 0 Å². The summed E-state index contributed by atoms with van der Waals surface area (Å²) >= 11 is 1.39. The lowest BCUT2D eigenvalue weighted by Crippen LogP contribution is -2.34. The third-order valence-corrected chi connectivity index (χ3v) is 6.38. The van der Waals surface area contributed by atoms with Gasteiger partial charge in [0.05, 0.1) is 5.75 Å². The van der Waals surface area contributed by atoms with Crippen LogP contribution in [0.1, 0.15) is 30.0 Å². The Morgan fingerprint density at radius 1 is 1.10 bits per heavy atom. The number of thioether (sulfide) groups is 1. The number of fused-ring (bicyclic) bond motifs is 1. The second kappa shape index (κ2) is 10.4. The van der Waals surface area contributed by atoms with Gasteiger partial charge in [-0.15, -0.1) is 0 Å². The maximum atomic E-state index is 12.4. The minimum atomic E-state index is 0.0199. The smallest absolute Gasteiger partial charge is 0.230 e. The molecule has 0 aliphatic carbocycles. The number of amides is 1. The predicted molar refractivity (Wildman–Crippen MR) is 126 cm³/mol. The van der Waals surface area contributed by atoms with Crippen molar-refractivity contribution in [3.63, 3.8) is 0 Å². The molecular formula is C25H28N4OS. The molecule has 0 fully saturated rings. The molecule has 0 unspecified atom stereocenters. The number of anilines is 1. The van der Waals surface area contributed by atoms with E-state index in [4.69, 9.17) is 4.98 Å². The number of aromatic nitrogens is 2. The van der Waals surface area contributed by atoms with E-state index >= 15 is 0 Å². The van der Waals surface area contributed by atoms with Crippen molar-refractivity contribution in [3.05, 3.63) is 83.6 Å². The minimum absolute atomic E-state index is 0.0199. The molecule has 1 amide bonds. The van der Waals surface area contributed by atoms with Crippen LogP contribution in [0.3, 0.4) is 0 Å². The van der Waals surface area contributed by atoms with Crippen molar-refractivity contribution in [3.8, 4) is 0 Å². The Morgan fingerprint density at radius 3 is 2.71 bits per heavy atom. The van der Waals surface area contributed by atoms with E-state index in [0.717, 1.165) is 38.2 Å². The quantitative estimate of drug-likeness (QED) is 0.426. The van der Waals surface area contributed by atoms with Gasteiger partial charge in [0.15, 0.2) is 5.16 Å². The van der Waals surface area contributed by atoms with Crippen molar-refractivity contribution < 1.29 is 4.79 Å². The van der Waals surface area contributed by atoms with Gasteiger partial charge < -0.3 is 10.2 Å². The van der Waals surface area contributed by atoms with Crippen LogP contribution in [0.5, 0.6) is 0 Å². The largest absolute Gasteiger partial charge is 0.353 e. The fourth-order valence-corrected chi connectivity index (χ4v) is 4.45. The normalized spacial score (nSPS) is 14.0. The van der Waals surface area contributed by atoms with Crippen LogP contribution in [0.15, 0.2) is 72.0 Å². The molecule has 0 bridgehead atoms. The maximum absolute atomic E-state index is 12.4. The Bertz CT molecular complexity index is 1010. The van der Waals surface area contributed by atoms with Gasteiger partial charge in [-0.2, -0.15) is 0 Å². The maximum Gasteiger partial charge on any atom is 0.230 e. The average molecular weight is 433 g/mol. The summed E-state index contributed by atoms with van der Waals surface area (Å²) in [5.74, 6) is 1.26. The van der Waals surface area contributed by atoms with Crippen molar-refractivity contribution in [1.82, 2.24) is 15.3 Å². The second-order valence-electron chi connectivity index (χ2n) is 7.92. The molecule has 1 atom stereocenters. The first-order valence-electron chi connectivity index (χ1n) is 10.8. The average Bonchev–Trinajstić information content (AvgIpc) is 2.82. The van der Waals surface area contributed by atoms with E-state index in [2.05, 4.69) is 58.5 Å². The Morgan fingerprint density at radius 2 is 1.87 bits per heavy atom. The number of nitrogens with one attached hydrogen (secondary N) is 1. The number of nitrogens with zero attached hydrogens (tertiary/aromatic N) is 3.